The summed E-state index contributed by atoms with van der Waals surface area (Å²) in [6.07, 6.45) is -1.31. The molecule has 4 atom stereocenters. The van der Waals surface area contributed by atoms with E-state index in [0.29, 0.717) is 33.6 Å². The van der Waals surface area contributed by atoms with Gasteiger partial charge in [-0.05, 0) is 35.4 Å². The predicted octanol–water partition coefficient (Wildman–Crippen LogP) is 8.89. The lowest BCUT2D eigenvalue weighted by Gasteiger charge is -2.41. The number of carbonyl (C=O) groups excluding carboxylic acids is 2. The zero-order chi connectivity index (χ0) is 34.9. The van der Waals surface area contributed by atoms with Gasteiger partial charge in [-0.25, -0.2) is 9.88 Å². The smallest absolute Gasteiger partial charge is 0.266 e. The lowest BCUT2D eigenvalue weighted by Crippen LogP contribution is -2.38. The number of hydrogen-bond acceptors (Lipinski definition) is 8. The van der Waals surface area contributed by atoms with Crippen molar-refractivity contribution in [1.82, 2.24) is 4.98 Å². The van der Waals surface area contributed by atoms with E-state index in [1.54, 1.807) is 36.4 Å². The van der Waals surface area contributed by atoms with Crippen LogP contribution in [0, 0.1) is 5.92 Å². The number of anilines is 1. The van der Waals surface area contributed by atoms with E-state index in [2.05, 4.69) is 6.92 Å². The quantitative estimate of drug-likeness (QED) is 0.118. The first-order valence-corrected chi connectivity index (χ1v) is 17.8. The molecule has 254 valence electrons. The molecule has 8 nitrogen and oxygen atoms in total. The molecular formula is C42H34N2O6S. The predicted molar refractivity (Wildman–Crippen MR) is 195 cm³/mol. The summed E-state index contributed by atoms with van der Waals surface area (Å²) >= 11 is 1.50. The standard InChI is InChI=1S/C42H34N2O6S/c1-26-35(25-51-42-43-36(28-10-4-2-5-11-28)38(50-42)29-12-6-3-7-13-29)48-41(49-37(26)30-18-16-27(24-45)17-19-30)31-20-22-32(23-21-31)44-39(46)33-14-8-9-15-34(33)40(44)47/h2-23,26,35,37,41,45H,24-25H2,1H3/t26-,35+,37+,41+/m1/s1. The SMILES string of the molecule is C[C@@H]1[C@H](CSc2nc(-c3ccccc3)c(-c3ccccc3)o2)O[C@H](c2ccc(N3C(=O)c4ccccc4C3=O)cc2)O[C@@H]1c1ccc(CO)cc1. The van der Waals surface area contributed by atoms with Crippen LogP contribution in [0.5, 0.6) is 0 Å². The molecule has 0 spiro atoms. The van der Waals surface area contributed by atoms with Crippen molar-refractivity contribution in [2.45, 2.75) is 37.3 Å². The number of ether oxygens (including phenoxy) is 2. The van der Waals surface area contributed by atoms with Gasteiger partial charge in [-0.2, -0.15) is 0 Å². The van der Waals surface area contributed by atoms with Crippen molar-refractivity contribution in [3.8, 4) is 22.6 Å². The van der Waals surface area contributed by atoms with Crippen LogP contribution in [0.4, 0.5) is 5.69 Å². The van der Waals surface area contributed by atoms with Crippen molar-refractivity contribution in [2.75, 3.05) is 10.7 Å². The highest BCUT2D eigenvalue weighted by Gasteiger charge is 2.40. The molecule has 0 unspecified atom stereocenters. The Kier molecular flexibility index (Phi) is 9.10. The van der Waals surface area contributed by atoms with Crippen LogP contribution in [0.1, 0.15) is 56.7 Å². The molecule has 51 heavy (non-hydrogen) atoms. The fourth-order valence-corrected chi connectivity index (χ4v) is 7.59. The van der Waals surface area contributed by atoms with Crippen LogP contribution in [0.3, 0.4) is 0 Å². The highest BCUT2D eigenvalue weighted by atomic mass is 32.2. The van der Waals surface area contributed by atoms with E-state index in [-0.39, 0.29) is 36.5 Å². The Morgan fingerprint density at radius 1 is 0.706 bits per heavy atom. The van der Waals surface area contributed by atoms with Crippen LogP contribution in [-0.2, 0) is 16.1 Å². The summed E-state index contributed by atoms with van der Waals surface area (Å²) in [4.78, 5) is 32.4. The fraction of sp³-hybridized carbons (Fsp3) is 0.167. The van der Waals surface area contributed by atoms with Gasteiger partial charge in [0, 0.05) is 28.4 Å². The van der Waals surface area contributed by atoms with Gasteiger partial charge < -0.3 is 19.0 Å². The van der Waals surface area contributed by atoms with Gasteiger partial charge in [0.15, 0.2) is 12.1 Å². The second-order valence-corrected chi connectivity index (χ2v) is 13.6. The third kappa shape index (κ3) is 6.41. The Morgan fingerprint density at radius 2 is 1.29 bits per heavy atom. The zero-order valence-electron chi connectivity index (χ0n) is 27.7. The number of imide groups is 1. The number of carbonyl (C=O) groups is 2. The highest BCUT2D eigenvalue weighted by molar-refractivity contribution is 7.99. The van der Waals surface area contributed by atoms with Crippen LogP contribution in [0.15, 0.2) is 143 Å². The minimum atomic E-state index is -0.727. The highest BCUT2D eigenvalue weighted by Crippen LogP contribution is 2.44. The van der Waals surface area contributed by atoms with Crippen molar-refractivity contribution in [3.63, 3.8) is 0 Å². The number of hydrogen-bond donors (Lipinski definition) is 1. The van der Waals surface area contributed by atoms with Crippen molar-refractivity contribution < 1.29 is 28.6 Å². The van der Waals surface area contributed by atoms with Crippen molar-refractivity contribution in [2.24, 2.45) is 5.92 Å². The first-order valence-electron chi connectivity index (χ1n) is 16.8. The number of oxazole rings is 1. The Bertz CT molecular complexity index is 2080. The van der Waals surface area contributed by atoms with E-state index < -0.39 is 6.29 Å². The lowest BCUT2D eigenvalue weighted by atomic mass is 9.91. The number of aliphatic hydroxyl groups excluding tert-OH is 1. The van der Waals surface area contributed by atoms with Gasteiger partial charge in [0.05, 0.1) is 35.6 Å². The van der Waals surface area contributed by atoms with E-state index in [1.165, 1.54) is 16.7 Å². The molecule has 6 aromatic rings. The fourth-order valence-electron chi connectivity index (χ4n) is 6.61. The monoisotopic (exact) mass is 694 g/mol. The summed E-state index contributed by atoms with van der Waals surface area (Å²) in [6, 6.07) is 41.8. The van der Waals surface area contributed by atoms with E-state index >= 15 is 0 Å². The molecule has 9 heteroatoms. The molecule has 2 aliphatic heterocycles. The van der Waals surface area contributed by atoms with Crippen molar-refractivity contribution in [3.05, 3.63) is 161 Å². The molecule has 1 fully saturated rings. The van der Waals surface area contributed by atoms with Gasteiger partial charge in [-0.15, -0.1) is 0 Å². The van der Waals surface area contributed by atoms with Gasteiger partial charge in [-0.3, -0.25) is 9.59 Å². The number of fused-ring (bicyclic) bond motifs is 1. The van der Waals surface area contributed by atoms with E-state index in [1.807, 2.05) is 97.1 Å². The van der Waals surface area contributed by atoms with Gasteiger partial charge in [0.2, 0.25) is 0 Å². The second-order valence-electron chi connectivity index (χ2n) is 12.6. The van der Waals surface area contributed by atoms with Crippen molar-refractivity contribution in [1.29, 1.82) is 0 Å². The number of benzene rings is 5. The maximum Gasteiger partial charge on any atom is 0.266 e. The molecule has 2 aliphatic rings. The number of amides is 2. The number of nitrogens with zero attached hydrogens (tertiary/aromatic N) is 2. The number of aliphatic hydroxyl groups is 1. The minimum Gasteiger partial charge on any atom is -0.431 e. The lowest BCUT2D eigenvalue weighted by molar-refractivity contribution is -0.268. The molecule has 0 aliphatic carbocycles. The zero-order valence-corrected chi connectivity index (χ0v) is 28.5. The first kappa shape index (κ1) is 32.9. The molecule has 1 N–H and O–H groups in total. The Morgan fingerprint density at radius 3 is 1.92 bits per heavy atom. The molecule has 0 radical (unpaired) electrons. The summed E-state index contributed by atoms with van der Waals surface area (Å²) < 4.78 is 19.7. The second kappa shape index (κ2) is 14.1. The third-order valence-electron chi connectivity index (χ3n) is 9.40. The average Bonchev–Trinajstić information content (AvgIpc) is 3.73. The molecule has 0 saturated carbocycles. The molecule has 3 heterocycles. The van der Waals surface area contributed by atoms with Gasteiger partial charge >= 0.3 is 0 Å². The summed E-state index contributed by atoms with van der Waals surface area (Å²) in [6.45, 7) is 2.07. The molecule has 2 amide bonds. The summed E-state index contributed by atoms with van der Waals surface area (Å²) in [7, 11) is 0. The van der Waals surface area contributed by atoms with Crippen LogP contribution in [0.2, 0.25) is 0 Å². The number of thioether (sulfide) groups is 1. The minimum absolute atomic E-state index is 0.0438. The average molecular weight is 695 g/mol. The Hall–Kier alpha value is -5.32. The van der Waals surface area contributed by atoms with Gasteiger partial charge in [0.25, 0.3) is 17.0 Å². The molecule has 0 bridgehead atoms. The van der Waals surface area contributed by atoms with Crippen LogP contribution in [0.25, 0.3) is 22.6 Å². The molecule has 5 aromatic carbocycles. The number of aromatic nitrogens is 1. The normalized spacial score (nSPS) is 20.1. The largest absolute Gasteiger partial charge is 0.431 e. The van der Waals surface area contributed by atoms with Gasteiger partial charge in [-0.1, -0.05) is 128 Å². The van der Waals surface area contributed by atoms with E-state index in [4.69, 9.17) is 18.9 Å². The third-order valence-corrected chi connectivity index (χ3v) is 10.3. The first-order chi connectivity index (χ1) is 25.0. The van der Waals surface area contributed by atoms with E-state index in [0.717, 1.165) is 33.5 Å². The van der Waals surface area contributed by atoms with Gasteiger partial charge in [0.1, 0.15) is 5.69 Å². The topological polar surface area (TPSA) is 102 Å². The van der Waals surface area contributed by atoms with Crippen LogP contribution in [-0.4, -0.2) is 33.8 Å². The molecule has 8 rings (SSSR count). The molecule has 1 saturated heterocycles. The summed E-state index contributed by atoms with van der Waals surface area (Å²) in [5.74, 6) is 0.514. The van der Waals surface area contributed by atoms with E-state index in [9.17, 15) is 14.7 Å². The molecular weight excluding hydrogens is 661 g/mol. The number of rotatable bonds is 9. The Labute approximate surface area is 299 Å². The Balaban J connectivity index is 1.07. The van der Waals surface area contributed by atoms with Crippen LogP contribution < -0.4 is 4.90 Å². The maximum atomic E-state index is 13.1. The summed E-state index contributed by atoms with van der Waals surface area (Å²) in [5.41, 5.74) is 6.51. The summed E-state index contributed by atoms with van der Waals surface area (Å²) in [5, 5.41) is 10.2. The van der Waals surface area contributed by atoms with Crippen LogP contribution >= 0.6 is 11.8 Å². The molecule has 1 aromatic heterocycles. The van der Waals surface area contributed by atoms with Crippen molar-refractivity contribution >= 4 is 29.3 Å². The maximum absolute atomic E-state index is 13.1.